The molecule has 0 atom stereocenters. The summed E-state index contributed by atoms with van der Waals surface area (Å²) in [5, 5.41) is 0. The average molecular weight is 122 g/mol. The highest BCUT2D eigenvalue weighted by Crippen LogP contribution is 2.51. The summed E-state index contributed by atoms with van der Waals surface area (Å²) in [5.74, 6) is -4.38. The fourth-order valence-corrected chi connectivity index (χ4v) is 0.628. The molecule has 0 aliphatic heterocycles. The van der Waals surface area contributed by atoms with Crippen LogP contribution in [-0.4, -0.2) is 5.92 Å². The van der Waals surface area contributed by atoms with Gasteiger partial charge in [-0.25, -0.2) is 4.39 Å². The van der Waals surface area contributed by atoms with Crippen LogP contribution in [0.5, 0.6) is 0 Å². The van der Waals surface area contributed by atoms with Gasteiger partial charge in [0.15, 0.2) is 5.83 Å². The zero-order valence-corrected chi connectivity index (χ0v) is 4.34. The minimum absolute atomic E-state index is 0.124. The van der Waals surface area contributed by atoms with Crippen molar-refractivity contribution in [2.24, 2.45) is 0 Å². The Labute approximate surface area is 45.0 Å². The molecule has 0 radical (unpaired) electrons. The van der Waals surface area contributed by atoms with Crippen LogP contribution in [0, 0.1) is 0 Å². The zero-order valence-electron chi connectivity index (χ0n) is 4.34. The molecule has 0 unspecified atom stereocenters. The summed E-state index contributed by atoms with van der Waals surface area (Å²) in [5.41, 5.74) is -0.336. The monoisotopic (exact) mass is 122 g/mol. The number of allylic oxidation sites excluding steroid dienone is 2. The van der Waals surface area contributed by atoms with Gasteiger partial charge in [0.05, 0.1) is 0 Å². The van der Waals surface area contributed by atoms with Crippen molar-refractivity contribution >= 4 is 0 Å². The normalized spacial score (nSPS) is 24.0. The van der Waals surface area contributed by atoms with Crippen LogP contribution in [0.25, 0.3) is 0 Å². The summed E-state index contributed by atoms with van der Waals surface area (Å²) >= 11 is 0. The molecule has 0 bridgehead atoms. The molecular weight excluding hydrogens is 117 g/mol. The van der Waals surface area contributed by atoms with Crippen molar-refractivity contribution in [3.63, 3.8) is 0 Å². The fourth-order valence-electron chi connectivity index (χ4n) is 0.628. The molecule has 1 rings (SSSR count). The second kappa shape index (κ2) is 1.27. The molecule has 1 aliphatic carbocycles. The van der Waals surface area contributed by atoms with Crippen LogP contribution < -0.4 is 0 Å². The summed E-state index contributed by atoms with van der Waals surface area (Å²) in [7, 11) is 0. The summed E-state index contributed by atoms with van der Waals surface area (Å²) in [6.07, 6.45) is 0.124. The predicted molar refractivity (Wildman–Crippen MR) is 23.4 cm³/mol. The van der Waals surface area contributed by atoms with Gasteiger partial charge in [-0.05, 0) is 6.42 Å². The Kier molecular flexibility index (Phi) is 0.900. The Morgan fingerprint density at radius 1 is 1.50 bits per heavy atom. The van der Waals surface area contributed by atoms with Crippen molar-refractivity contribution < 1.29 is 13.2 Å². The quantitative estimate of drug-likeness (QED) is 0.500. The van der Waals surface area contributed by atoms with E-state index in [1.165, 1.54) is 6.92 Å². The van der Waals surface area contributed by atoms with Crippen molar-refractivity contribution in [1.29, 1.82) is 0 Å². The molecule has 0 spiro atoms. The van der Waals surface area contributed by atoms with Gasteiger partial charge in [-0.1, -0.05) is 6.92 Å². The number of alkyl halides is 2. The van der Waals surface area contributed by atoms with Gasteiger partial charge in [0.1, 0.15) is 0 Å². The molecule has 1 aliphatic rings. The van der Waals surface area contributed by atoms with Gasteiger partial charge in [0.25, 0.3) is 0 Å². The van der Waals surface area contributed by atoms with Gasteiger partial charge >= 0.3 is 5.92 Å². The second-order valence-corrected chi connectivity index (χ2v) is 1.72. The molecule has 0 N–H and O–H groups in total. The molecule has 0 aromatic carbocycles. The molecule has 46 valence electrons. The first-order valence-corrected chi connectivity index (χ1v) is 2.38. The third-order valence-corrected chi connectivity index (χ3v) is 1.21. The highest BCUT2D eigenvalue weighted by atomic mass is 19.3. The third kappa shape index (κ3) is 0.471. The minimum Gasteiger partial charge on any atom is -0.205 e. The molecule has 0 aromatic rings. The topological polar surface area (TPSA) is 0 Å². The summed E-state index contributed by atoms with van der Waals surface area (Å²) in [6, 6.07) is 0. The lowest BCUT2D eigenvalue weighted by molar-refractivity contribution is 0.116. The van der Waals surface area contributed by atoms with Gasteiger partial charge in [-0.3, -0.25) is 0 Å². The molecule has 0 heterocycles. The van der Waals surface area contributed by atoms with Crippen LogP contribution in [0.15, 0.2) is 11.4 Å². The van der Waals surface area contributed by atoms with Crippen molar-refractivity contribution in [3.8, 4) is 0 Å². The lowest BCUT2D eigenvalue weighted by Crippen LogP contribution is -1.94. The average Bonchev–Trinajstić information content (AvgIpc) is 2.09. The van der Waals surface area contributed by atoms with Crippen LogP contribution in [0.4, 0.5) is 13.2 Å². The van der Waals surface area contributed by atoms with Gasteiger partial charge in [-0.15, -0.1) is 0 Å². The van der Waals surface area contributed by atoms with Crippen LogP contribution in [-0.2, 0) is 0 Å². The van der Waals surface area contributed by atoms with Gasteiger partial charge in [-0.2, -0.15) is 8.78 Å². The fraction of sp³-hybridized carbons (Fsp3) is 0.600. The molecule has 3 heteroatoms. The van der Waals surface area contributed by atoms with E-state index in [9.17, 15) is 13.2 Å². The van der Waals surface area contributed by atoms with Crippen LogP contribution >= 0.6 is 0 Å². The lowest BCUT2D eigenvalue weighted by Gasteiger charge is -1.88. The van der Waals surface area contributed by atoms with E-state index in [4.69, 9.17) is 0 Å². The maximum Gasteiger partial charge on any atom is 0.323 e. The van der Waals surface area contributed by atoms with E-state index >= 15 is 0 Å². The van der Waals surface area contributed by atoms with E-state index in [-0.39, 0.29) is 12.0 Å². The van der Waals surface area contributed by atoms with Gasteiger partial charge in [0.2, 0.25) is 0 Å². The molecule has 0 amide bonds. The molecule has 8 heavy (non-hydrogen) atoms. The largest absolute Gasteiger partial charge is 0.323 e. The molecular formula is C5H5F3. The van der Waals surface area contributed by atoms with E-state index in [2.05, 4.69) is 0 Å². The van der Waals surface area contributed by atoms with Crippen LogP contribution in [0.2, 0.25) is 0 Å². The molecule has 0 fully saturated rings. The summed E-state index contributed by atoms with van der Waals surface area (Å²) in [6.45, 7) is 1.51. The predicted octanol–water partition coefficient (Wildman–Crippen LogP) is 2.27. The van der Waals surface area contributed by atoms with Crippen LogP contribution in [0.1, 0.15) is 13.3 Å². The first-order valence-electron chi connectivity index (χ1n) is 2.38. The standard InChI is InChI=1S/C5H5F3/c1-2-3-4(6)5(3,7)8/h2H2,1H3. The van der Waals surface area contributed by atoms with E-state index in [1.54, 1.807) is 0 Å². The van der Waals surface area contributed by atoms with Crippen LogP contribution in [0.3, 0.4) is 0 Å². The van der Waals surface area contributed by atoms with E-state index in [0.717, 1.165) is 0 Å². The van der Waals surface area contributed by atoms with Crippen molar-refractivity contribution in [2.45, 2.75) is 19.3 Å². The van der Waals surface area contributed by atoms with E-state index < -0.39 is 11.7 Å². The zero-order chi connectivity index (χ0) is 6.36. The molecule has 0 aromatic heterocycles. The lowest BCUT2D eigenvalue weighted by atomic mass is 10.4. The Morgan fingerprint density at radius 3 is 1.88 bits per heavy atom. The molecule has 0 nitrogen and oxygen atoms in total. The molecule has 0 saturated heterocycles. The van der Waals surface area contributed by atoms with Crippen molar-refractivity contribution in [3.05, 3.63) is 11.4 Å². The Balaban J connectivity index is 2.61. The van der Waals surface area contributed by atoms with Gasteiger partial charge in [0, 0.05) is 5.57 Å². The SMILES string of the molecule is CCC1=C(F)C1(F)F. The van der Waals surface area contributed by atoms with Crippen molar-refractivity contribution in [2.75, 3.05) is 0 Å². The Hall–Kier alpha value is -0.470. The highest BCUT2D eigenvalue weighted by molar-refractivity contribution is 5.43. The smallest absolute Gasteiger partial charge is 0.205 e. The number of hydrogen-bond donors (Lipinski definition) is 0. The third-order valence-electron chi connectivity index (χ3n) is 1.21. The first-order chi connectivity index (χ1) is 3.60. The Bertz CT molecular complexity index is 146. The highest BCUT2D eigenvalue weighted by Gasteiger charge is 2.56. The summed E-state index contributed by atoms with van der Waals surface area (Å²) in [4.78, 5) is 0. The van der Waals surface area contributed by atoms with Gasteiger partial charge < -0.3 is 0 Å². The first kappa shape index (κ1) is 5.66. The second-order valence-electron chi connectivity index (χ2n) is 1.72. The number of halogens is 3. The summed E-state index contributed by atoms with van der Waals surface area (Å²) < 4.78 is 35.2. The van der Waals surface area contributed by atoms with E-state index in [0.29, 0.717) is 0 Å². The number of rotatable bonds is 1. The molecule has 0 saturated carbocycles. The van der Waals surface area contributed by atoms with Crippen molar-refractivity contribution in [1.82, 2.24) is 0 Å². The Morgan fingerprint density at radius 2 is 1.88 bits per heavy atom. The number of hydrogen-bond acceptors (Lipinski definition) is 0. The maximum absolute atomic E-state index is 11.7. The van der Waals surface area contributed by atoms with E-state index in [1.807, 2.05) is 0 Å². The minimum atomic E-state index is -3.16. The maximum atomic E-state index is 11.7.